The summed E-state index contributed by atoms with van der Waals surface area (Å²) in [4.78, 5) is 40.7. The van der Waals surface area contributed by atoms with Gasteiger partial charge < -0.3 is 10.4 Å². The highest BCUT2D eigenvalue weighted by atomic mass is 16.4. The second kappa shape index (κ2) is 7.59. The van der Waals surface area contributed by atoms with Crippen LogP contribution in [-0.4, -0.2) is 26.5 Å². The lowest BCUT2D eigenvalue weighted by atomic mass is 10.1. The predicted molar refractivity (Wildman–Crippen MR) is 115 cm³/mol. The molecule has 0 saturated heterocycles. The van der Waals surface area contributed by atoms with Gasteiger partial charge in [0.25, 0.3) is 5.56 Å². The van der Waals surface area contributed by atoms with Crippen molar-refractivity contribution in [3.63, 3.8) is 0 Å². The SMILES string of the molecule is Cc1cccc(/C=C2\CCn3c2nc2cc(NC(=O)C(C)C(=O)O)ccc2c3=O)c1. The number of aromatic nitrogens is 2. The van der Waals surface area contributed by atoms with Gasteiger partial charge in [0.2, 0.25) is 5.91 Å². The number of amides is 1. The fourth-order valence-electron chi connectivity index (χ4n) is 3.56. The van der Waals surface area contributed by atoms with Gasteiger partial charge in [0.1, 0.15) is 11.7 Å². The number of rotatable bonds is 4. The van der Waals surface area contributed by atoms with Crippen LogP contribution in [0, 0.1) is 12.8 Å². The smallest absolute Gasteiger partial charge is 0.315 e. The Balaban J connectivity index is 1.74. The molecule has 30 heavy (non-hydrogen) atoms. The van der Waals surface area contributed by atoms with Gasteiger partial charge in [-0.05, 0) is 55.7 Å². The van der Waals surface area contributed by atoms with E-state index in [1.807, 2.05) is 31.2 Å². The van der Waals surface area contributed by atoms with Crippen molar-refractivity contribution in [3.8, 4) is 0 Å². The highest BCUT2D eigenvalue weighted by Gasteiger charge is 2.23. The minimum absolute atomic E-state index is 0.126. The van der Waals surface area contributed by atoms with Crippen molar-refractivity contribution in [1.29, 1.82) is 0 Å². The number of aliphatic carboxylic acids is 1. The molecule has 2 aromatic carbocycles. The average Bonchev–Trinajstić information content (AvgIpc) is 3.10. The summed E-state index contributed by atoms with van der Waals surface area (Å²) in [5.41, 5.74) is 3.93. The van der Waals surface area contributed by atoms with Gasteiger partial charge >= 0.3 is 5.97 Å². The van der Waals surface area contributed by atoms with Crippen LogP contribution >= 0.6 is 0 Å². The molecule has 0 fully saturated rings. The Morgan fingerprint density at radius 3 is 2.77 bits per heavy atom. The number of nitrogens with zero attached hydrogens (tertiary/aromatic N) is 2. The predicted octanol–water partition coefficient (Wildman–Crippen LogP) is 3.31. The van der Waals surface area contributed by atoms with E-state index in [2.05, 4.69) is 11.4 Å². The number of carboxylic acids is 1. The van der Waals surface area contributed by atoms with E-state index in [4.69, 9.17) is 10.1 Å². The number of carbonyl (C=O) groups is 2. The minimum atomic E-state index is -1.20. The molecule has 7 nitrogen and oxygen atoms in total. The van der Waals surface area contributed by atoms with Gasteiger partial charge in [-0.3, -0.25) is 19.0 Å². The molecule has 1 aliphatic rings. The first kappa shape index (κ1) is 19.6. The molecule has 0 bridgehead atoms. The fraction of sp³-hybridized carbons (Fsp3) is 0.217. The number of anilines is 1. The molecular formula is C23H21N3O4. The third kappa shape index (κ3) is 3.61. The number of hydrogen-bond donors (Lipinski definition) is 2. The van der Waals surface area contributed by atoms with Gasteiger partial charge in [0.05, 0.1) is 10.9 Å². The second-order valence-electron chi connectivity index (χ2n) is 7.51. The number of carbonyl (C=O) groups excluding carboxylic acids is 1. The van der Waals surface area contributed by atoms with E-state index in [-0.39, 0.29) is 5.56 Å². The number of hydrogen-bond acceptors (Lipinski definition) is 4. The Labute approximate surface area is 172 Å². The molecule has 0 radical (unpaired) electrons. The molecule has 1 unspecified atom stereocenters. The lowest BCUT2D eigenvalue weighted by molar-refractivity contribution is -0.144. The van der Waals surface area contributed by atoms with Crippen molar-refractivity contribution in [2.45, 2.75) is 26.8 Å². The molecule has 1 amide bonds. The molecule has 3 aromatic rings. The first-order valence-corrected chi connectivity index (χ1v) is 9.69. The van der Waals surface area contributed by atoms with Crippen LogP contribution < -0.4 is 10.9 Å². The minimum Gasteiger partial charge on any atom is -0.481 e. The van der Waals surface area contributed by atoms with Crippen LogP contribution in [0.25, 0.3) is 22.6 Å². The van der Waals surface area contributed by atoms with E-state index < -0.39 is 17.8 Å². The van der Waals surface area contributed by atoms with Crippen molar-refractivity contribution in [1.82, 2.24) is 9.55 Å². The quantitative estimate of drug-likeness (QED) is 0.651. The van der Waals surface area contributed by atoms with Gasteiger partial charge in [-0.1, -0.05) is 29.8 Å². The molecule has 2 N–H and O–H groups in total. The van der Waals surface area contributed by atoms with E-state index in [9.17, 15) is 14.4 Å². The van der Waals surface area contributed by atoms with Crippen LogP contribution in [0.4, 0.5) is 5.69 Å². The van der Waals surface area contributed by atoms with E-state index in [1.165, 1.54) is 6.92 Å². The summed E-state index contributed by atoms with van der Waals surface area (Å²) in [5, 5.41) is 12.0. The molecule has 1 aromatic heterocycles. The second-order valence-corrected chi connectivity index (χ2v) is 7.51. The molecule has 7 heteroatoms. The number of carboxylic acid groups (broad SMARTS) is 1. The summed E-state index contributed by atoms with van der Waals surface area (Å²) >= 11 is 0. The van der Waals surface area contributed by atoms with E-state index in [0.29, 0.717) is 35.4 Å². The third-order valence-electron chi connectivity index (χ3n) is 5.26. The van der Waals surface area contributed by atoms with Crippen LogP contribution in [0.2, 0.25) is 0 Å². The third-order valence-corrected chi connectivity index (χ3v) is 5.26. The van der Waals surface area contributed by atoms with Crippen molar-refractivity contribution in [3.05, 3.63) is 69.8 Å². The van der Waals surface area contributed by atoms with Gasteiger partial charge in [-0.2, -0.15) is 0 Å². The van der Waals surface area contributed by atoms with Gasteiger partial charge in [0.15, 0.2) is 0 Å². The molecule has 2 heterocycles. The molecule has 0 spiro atoms. The Hall–Kier alpha value is -3.74. The maximum atomic E-state index is 12.9. The van der Waals surface area contributed by atoms with Crippen molar-refractivity contribution < 1.29 is 14.7 Å². The number of fused-ring (bicyclic) bond motifs is 2. The summed E-state index contributed by atoms with van der Waals surface area (Å²) in [6, 6.07) is 12.9. The van der Waals surface area contributed by atoms with Crippen molar-refractivity contribution in [2.24, 2.45) is 5.92 Å². The standard InChI is InChI=1S/C23H21N3O4/c1-13-4-3-5-15(10-13)11-16-8-9-26-20(16)25-19-12-17(6-7-18(19)22(26)28)24-21(27)14(2)23(29)30/h3-7,10-12,14H,8-9H2,1-2H3,(H,24,27)(H,29,30)/b16-11+. The topological polar surface area (TPSA) is 101 Å². The van der Waals surface area contributed by atoms with Crippen LogP contribution in [0.5, 0.6) is 0 Å². The van der Waals surface area contributed by atoms with Gasteiger partial charge in [-0.25, -0.2) is 4.98 Å². The van der Waals surface area contributed by atoms with Gasteiger partial charge in [0, 0.05) is 12.2 Å². The van der Waals surface area contributed by atoms with Crippen molar-refractivity contribution in [2.75, 3.05) is 5.32 Å². The number of benzene rings is 2. The molecule has 1 atom stereocenters. The number of aryl methyl sites for hydroxylation is 1. The zero-order chi connectivity index (χ0) is 21.4. The molecule has 0 saturated carbocycles. The molecule has 1 aliphatic heterocycles. The lowest BCUT2D eigenvalue weighted by Crippen LogP contribution is -2.27. The highest BCUT2D eigenvalue weighted by Crippen LogP contribution is 2.28. The number of nitrogens with one attached hydrogen (secondary N) is 1. The first-order chi connectivity index (χ1) is 14.3. The van der Waals surface area contributed by atoms with E-state index >= 15 is 0 Å². The molecular weight excluding hydrogens is 382 g/mol. The zero-order valence-electron chi connectivity index (χ0n) is 16.7. The summed E-state index contributed by atoms with van der Waals surface area (Å²) < 4.78 is 1.68. The highest BCUT2D eigenvalue weighted by molar-refractivity contribution is 6.04. The van der Waals surface area contributed by atoms with Crippen LogP contribution in [0.3, 0.4) is 0 Å². The Morgan fingerprint density at radius 2 is 2.03 bits per heavy atom. The van der Waals surface area contributed by atoms with Crippen LogP contribution in [-0.2, 0) is 16.1 Å². The normalized spacial score (nSPS) is 15.2. The van der Waals surface area contributed by atoms with Crippen LogP contribution in [0.1, 0.15) is 30.3 Å². The maximum Gasteiger partial charge on any atom is 0.315 e. The monoisotopic (exact) mass is 403 g/mol. The van der Waals surface area contributed by atoms with E-state index in [0.717, 1.165) is 16.7 Å². The van der Waals surface area contributed by atoms with E-state index in [1.54, 1.807) is 22.8 Å². The van der Waals surface area contributed by atoms with Crippen molar-refractivity contribution >= 4 is 40.1 Å². The zero-order valence-corrected chi connectivity index (χ0v) is 16.7. The largest absolute Gasteiger partial charge is 0.481 e. The maximum absolute atomic E-state index is 12.9. The summed E-state index contributed by atoms with van der Waals surface area (Å²) in [7, 11) is 0. The van der Waals surface area contributed by atoms with Crippen LogP contribution in [0.15, 0.2) is 47.3 Å². The Kier molecular flexibility index (Phi) is 4.95. The number of allylic oxidation sites excluding steroid dienone is 1. The average molecular weight is 403 g/mol. The Morgan fingerprint density at radius 1 is 1.23 bits per heavy atom. The molecule has 152 valence electrons. The summed E-state index contributed by atoms with van der Waals surface area (Å²) in [6.45, 7) is 3.92. The van der Waals surface area contributed by atoms with Gasteiger partial charge in [-0.15, -0.1) is 0 Å². The molecule has 0 aliphatic carbocycles. The summed E-state index contributed by atoms with van der Waals surface area (Å²) in [6.07, 6.45) is 2.76. The summed E-state index contributed by atoms with van der Waals surface area (Å²) in [5.74, 6) is -2.38. The molecule has 4 rings (SSSR count). The lowest BCUT2D eigenvalue weighted by Gasteiger charge is -2.10. The first-order valence-electron chi connectivity index (χ1n) is 9.69. The Bertz CT molecular complexity index is 1270. The fourth-order valence-corrected chi connectivity index (χ4v) is 3.56.